The van der Waals surface area contributed by atoms with Gasteiger partial charge in [0.1, 0.15) is 0 Å². The number of aromatic nitrogens is 2. The largest absolute Gasteiger partial charge is 0.354 e. The third-order valence-corrected chi connectivity index (χ3v) is 8.09. The maximum atomic E-state index is 13.4. The van der Waals surface area contributed by atoms with Gasteiger partial charge < -0.3 is 20.5 Å². The number of carbonyl (C=O) groups excluding carboxylic acids is 3. The number of aryl methyl sites for hydroxylation is 1. The number of nitrogens with zero attached hydrogens (tertiary/aromatic N) is 3. The zero-order valence-corrected chi connectivity index (χ0v) is 25.3. The zero-order chi connectivity index (χ0) is 32.2. The summed E-state index contributed by atoms with van der Waals surface area (Å²) in [6.45, 7) is 2.96. The molecular weight excluding hydrogens is 586 g/mol. The van der Waals surface area contributed by atoms with Crippen LogP contribution in [0, 0.1) is 10.1 Å². The number of aromatic amines is 1. The summed E-state index contributed by atoms with van der Waals surface area (Å²) in [6.07, 6.45) is 6.00. The van der Waals surface area contributed by atoms with Crippen LogP contribution in [-0.4, -0.2) is 50.6 Å². The van der Waals surface area contributed by atoms with Crippen molar-refractivity contribution >= 4 is 52.0 Å². The smallest absolute Gasteiger partial charge is 0.270 e. The van der Waals surface area contributed by atoms with Gasteiger partial charge in [0, 0.05) is 67.3 Å². The van der Waals surface area contributed by atoms with Crippen molar-refractivity contribution in [2.75, 3.05) is 29.0 Å². The van der Waals surface area contributed by atoms with Crippen LogP contribution >= 0.6 is 0 Å². The van der Waals surface area contributed by atoms with Gasteiger partial charge in [-0.2, -0.15) is 0 Å². The number of benzene rings is 3. The number of fused-ring (bicyclic) bond motifs is 1. The molecule has 46 heavy (non-hydrogen) atoms. The molecule has 4 aromatic rings. The number of hydrogen-bond acceptors (Lipinski definition) is 7. The lowest BCUT2D eigenvalue weighted by Gasteiger charge is -2.26. The van der Waals surface area contributed by atoms with E-state index < -0.39 is 4.92 Å². The topological polar surface area (TPSA) is 162 Å². The number of piperidine rings is 1. The minimum absolute atomic E-state index is 0.114. The van der Waals surface area contributed by atoms with Gasteiger partial charge in [-0.3, -0.25) is 29.8 Å². The van der Waals surface area contributed by atoms with E-state index in [2.05, 4.69) is 25.9 Å². The molecule has 2 aliphatic rings. The fourth-order valence-corrected chi connectivity index (χ4v) is 5.78. The number of hydrogen-bond donors (Lipinski definition) is 4. The molecule has 0 spiro atoms. The van der Waals surface area contributed by atoms with Gasteiger partial charge in [0.25, 0.3) is 11.6 Å². The molecule has 0 bridgehead atoms. The fraction of sp³-hybridized carbons (Fsp3) is 0.235. The fourth-order valence-electron chi connectivity index (χ4n) is 5.78. The Hall–Kier alpha value is -5.78. The summed E-state index contributed by atoms with van der Waals surface area (Å²) >= 11 is 0. The molecule has 3 heterocycles. The minimum atomic E-state index is -0.481. The van der Waals surface area contributed by atoms with Crippen LogP contribution < -0.4 is 16.0 Å². The normalized spacial score (nSPS) is 15.3. The Kier molecular flexibility index (Phi) is 8.59. The molecule has 0 aliphatic carbocycles. The van der Waals surface area contributed by atoms with E-state index in [9.17, 15) is 24.5 Å². The molecule has 234 valence electrons. The number of non-ortho nitro benzene ring substituents is 1. The Labute approximate surface area is 265 Å². The highest BCUT2D eigenvalue weighted by molar-refractivity contribution is 6.37. The van der Waals surface area contributed by atoms with Crippen molar-refractivity contribution in [3.05, 3.63) is 99.7 Å². The van der Waals surface area contributed by atoms with Crippen LogP contribution in [-0.2, 0) is 20.8 Å². The van der Waals surface area contributed by atoms with Gasteiger partial charge in [0.2, 0.25) is 17.8 Å². The van der Waals surface area contributed by atoms with E-state index in [0.717, 1.165) is 55.5 Å². The maximum Gasteiger partial charge on any atom is 0.270 e. The Morgan fingerprint density at radius 2 is 1.80 bits per heavy atom. The number of anilines is 3. The average molecular weight is 620 g/mol. The van der Waals surface area contributed by atoms with Crippen molar-refractivity contribution < 1.29 is 19.3 Å². The van der Waals surface area contributed by atoms with Crippen LogP contribution in [0.3, 0.4) is 0 Å². The standard InChI is InChI=1S/C34H33N7O5/c1-21(42)36-34-35-20-29(39-34)23-11-13-25(14-12-23)37-32(31-27-19-26(41(45)46)15-16-28(27)38-33(31)44)24-9-7-22(8-10-24)5-4-18-40-17-3-2-6-30(40)43/h7-16,19-20,37H,2-6,17-18H2,1H3,(H,38,44)(H2,35,36,39,42)/b32-31-. The number of rotatable bonds is 10. The highest BCUT2D eigenvalue weighted by Gasteiger charge is 2.30. The summed E-state index contributed by atoms with van der Waals surface area (Å²) in [4.78, 5) is 57.3. The van der Waals surface area contributed by atoms with E-state index >= 15 is 0 Å². The van der Waals surface area contributed by atoms with E-state index in [1.807, 2.05) is 53.4 Å². The first-order chi connectivity index (χ1) is 22.2. The molecule has 4 N–H and O–H groups in total. The molecule has 0 radical (unpaired) electrons. The quantitative estimate of drug-likeness (QED) is 0.0987. The van der Waals surface area contributed by atoms with Crippen molar-refractivity contribution in [1.82, 2.24) is 14.9 Å². The van der Waals surface area contributed by atoms with Crippen molar-refractivity contribution in [2.45, 2.75) is 39.0 Å². The molecule has 2 aliphatic heterocycles. The van der Waals surface area contributed by atoms with Gasteiger partial charge >= 0.3 is 0 Å². The Bertz CT molecular complexity index is 1840. The van der Waals surface area contributed by atoms with Crippen molar-refractivity contribution in [3.63, 3.8) is 0 Å². The van der Waals surface area contributed by atoms with E-state index in [1.165, 1.54) is 19.1 Å². The van der Waals surface area contributed by atoms with Crippen LogP contribution in [0.25, 0.3) is 22.5 Å². The van der Waals surface area contributed by atoms with Crippen molar-refractivity contribution in [3.8, 4) is 11.3 Å². The second kappa shape index (κ2) is 13.1. The molecule has 6 rings (SSSR count). The van der Waals surface area contributed by atoms with Gasteiger partial charge in [0.15, 0.2) is 0 Å². The molecule has 1 saturated heterocycles. The van der Waals surface area contributed by atoms with Crippen LogP contribution in [0.4, 0.5) is 23.0 Å². The lowest BCUT2D eigenvalue weighted by Crippen LogP contribution is -2.36. The van der Waals surface area contributed by atoms with E-state index in [-0.39, 0.29) is 23.4 Å². The van der Waals surface area contributed by atoms with E-state index in [0.29, 0.717) is 46.3 Å². The lowest BCUT2D eigenvalue weighted by molar-refractivity contribution is -0.384. The Balaban J connectivity index is 1.29. The molecule has 0 unspecified atom stereocenters. The first kappa shape index (κ1) is 30.3. The highest BCUT2D eigenvalue weighted by Crippen LogP contribution is 2.39. The predicted molar refractivity (Wildman–Crippen MR) is 176 cm³/mol. The second-order valence-corrected chi connectivity index (χ2v) is 11.3. The molecule has 12 heteroatoms. The molecule has 3 aromatic carbocycles. The summed E-state index contributed by atoms with van der Waals surface area (Å²) in [6, 6.07) is 19.6. The zero-order valence-electron chi connectivity index (χ0n) is 25.3. The third-order valence-electron chi connectivity index (χ3n) is 8.09. The molecule has 1 fully saturated rings. The molecule has 12 nitrogen and oxygen atoms in total. The average Bonchev–Trinajstić information content (AvgIpc) is 3.64. The van der Waals surface area contributed by atoms with Gasteiger partial charge in [-0.05, 0) is 55.0 Å². The first-order valence-corrected chi connectivity index (χ1v) is 15.2. The predicted octanol–water partition coefficient (Wildman–Crippen LogP) is 5.82. The number of nitrogens with one attached hydrogen (secondary N) is 4. The molecule has 0 atom stereocenters. The van der Waals surface area contributed by atoms with E-state index in [4.69, 9.17) is 0 Å². The van der Waals surface area contributed by atoms with Gasteiger partial charge in [0.05, 0.1) is 21.9 Å². The second-order valence-electron chi connectivity index (χ2n) is 11.3. The number of nitro groups is 1. The van der Waals surface area contributed by atoms with Gasteiger partial charge in [-0.15, -0.1) is 0 Å². The highest BCUT2D eigenvalue weighted by atomic mass is 16.6. The number of likely N-dealkylation sites (tertiary alicyclic amines) is 1. The lowest BCUT2D eigenvalue weighted by atomic mass is 9.98. The number of imidazole rings is 1. The number of H-pyrrole nitrogens is 1. The monoisotopic (exact) mass is 619 g/mol. The van der Waals surface area contributed by atoms with Crippen LogP contribution in [0.5, 0.6) is 0 Å². The number of nitro benzene ring substituents is 1. The summed E-state index contributed by atoms with van der Waals surface area (Å²) in [5.41, 5.74) is 5.60. The van der Waals surface area contributed by atoms with Crippen LogP contribution in [0.2, 0.25) is 0 Å². The van der Waals surface area contributed by atoms with Crippen molar-refractivity contribution in [2.24, 2.45) is 0 Å². The minimum Gasteiger partial charge on any atom is -0.354 e. The maximum absolute atomic E-state index is 13.4. The summed E-state index contributed by atoms with van der Waals surface area (Å²) in [5.74, 6) is -0.0238. The summed E-state index contributed by atoms with van der Waals surface area (Å²) < 4.78 is 0. The summed E-state index contributed by atoms with van der Waals surface area (Å²) in [5, 5.41) is 20.4. The Morgan fingerprint density at radius 1 is 1.02 bits per heavy atom. The van der Waals surface area contributed by atoms with Crippen LogP contribution in [0.15, 0.2) is 72.9 Å². The molecule has 0 saturated carbocycles. The third kappa shape index (κ3) is 6.65. The first-order valence-electron chi connectivity index (χ1n) is 15.2. The Morgan fingerprint density at radius 3 is 2.52 bits per heavy atom. The van der Waals surface area contributed by atoms with Crippen LogP contribution in [0.1, 0.15) is 49.3 Å². The SMILES string of the molecule is CC(=O)Nc1nc(-c2ccc(N/C(=C3\C(=O)Nc4ccc([N+](=O)[O-])cc43)c3ccc(CCCN4CCCCC4=O)cc3)cc2)c[nH]1. The van der Waals surface area contributed by atoms with Gasteiger partial charge in [-0.25, -0.2) is 4.98 Å². The van der Waals surface area contributed by atoms with Crippen molar-refractivity contribution in [1.29, 1.82) is 0 Å². The van der Waals surface area contributed by atoms with E-state index in [1.54, 1.807) is 12.3 Å². The number of amides is 3. The molecule has 3 amide bonds. The number of carbonyl (C=O) groups is 3. The van der Waals surface area contributed by atoms with Gasteiger partial charge in [-0.1, -0.05) is 36.4 Å². The molecular formula is C34H33N7O5. The summed E-state index contributed by atoms with van der Waals surface area (Å²) in [7, 11) is 0. The molecule has 1 aromatic heterocycles.